The van der Waals surface area contributed by atoms with E-state index in [1.165, 1.54) is 0 Å². The highest BCUT2D eigenvalue weighted by atomic mass is 32.2. The van der Waals surface area contributed by atoms with Crippen LogP contribution in [0.4, 0.5) is 0 Å². The molecule has 116 valence electrons. The lowest BCUT2D eigenvalue weighted by atomic mass is 10.2. The summed E-state index contributed by atoms with van der Waals surface area (Å²) in [7, 11) is -3.94. The molecule has 3 N–H and O–H groups in total. The summed E-state index contributed by atoms with van der Waals surface area (Å²) in [6.07, 6.45) is 0.883. The predicted molar refractivity (Wildman–Crippen MR) is 70.1 cm³/mol. The lowest BCUT2D eigenvalue weighted by Crippen LogP contribution is -2.48. The molecule has 1 atom stereocenters. The van der Waals surface area contributed by atoms with Gasteiger partial charge in [0.15, 0.2) is 0 Å². The molecule has 0 unspecified atom stereocenters. The fourth-order valence-electron chi connectivity index (χ4n) is 1.37. The number of ether oxygens (including phenoxy) is 1. The molecule has 0 spiro atoms. The van der Waals surface area contributed by atoms with E-state index in [2.05, 4.69) is 4.72 Å². The van der Waals surface area contributed by atoms with Gasteiger partial charge in [0.05, 0.1) is 6.42 Å². The fraction of sp³-hybridized carbons (Fsp3) is 0.818. The van der Waals surface area contributed by atoms with Crippen molar-refractivity contribution in [2.75, 3.05) is 0 Å². The van der Waals surface area contributed by atoms with Crippen LogP contribution in [0.1, 0.15) is 40.0 Å². The van der Waals surface area contributed by atoms with Crippen molar-refractivity contribution < 1.29 is 27.9 Å². The fourth-order valence-corrected chi connectivity index (χ4v) is 2.67. The molecule has 1 aliphatic carbocycles. The Morgan fingerprint density at radius 1 is 1.35 bits per heavy atom. The largest absolute Gasteiger partial charge is 0.480 e. The molecular formula is C11H20N2O6S. The molecule has 0 aromatic carbocycles. The molecule has 0 aliphatic heterocycles. The Morgan fingerprint density at radius 2 is 1.90 bits per heavy atom. The number of carbonyl (C=O) groups excluding carboxylic acids is 1. The third-order valence-corrected chi connectivity index (χ3v) is 3.52. The van der Waals surface area contributed by atoms with Crippen molar-refractivity contribution in [3.63, 3.8) is 0 Å². The van der Waals surface area contributed by atoms with Crippen LogP contribution in [0.3, 0.4) is 0 Å². The first-order valence-corrected chi connectivity index (χ1v) is 7.71. The topological polar surface area (TPSA) is 122 Å². The van der Waals surface area contributed by atoms with E-state index in [1.54, 1.807) is 20.8 Å². The van der Waals surface area contributed by atoms with Crippen LogP contribution in [0.15, 0.2) is 0 Å². The molecule has 0 radical (unpaired) electrons. The molecular weight excluding hydrogens is 288 g/mol. The van der Waals surface area contributed by atoms with Gasteiger partial charge in [-0.1, -0.05) is 0 Å². The Hall–Kier alpha value is -1.19. The second kappa shape index (κ2) is 6.06. The number of aliphatic carboxylic acids is 1. The lowest BCUT2D eigenvalue weighted by Gasteiger charge is -2.21. The third kappa shape index (κ3) is 6.83. The Labute approximate surface area is 118 Å². The van der Waals surface area contributed by atoms with E-state index in [1.807, 2.05) is 4.72 Å². The van der Waals surface area contributed by atoms with Gasteiger partial charge in [-0.2, -0.15) is 17.9 Å². The summed E-state index contributed by atoms with van der Waals surface area (Å²) in [4.78, 5) is 22.6. The predicted octanol–water partition coefficient (Wildman–Crippen LogP) is -0.242. The highest BCUT2D eigenvalue weighted by molar-refractivity contribution is 7.87. The first-order valence-electron chi connectivity index (χ1n) is 6.23. The first-order chi connectivity index (χ1) is 8.98. The number of carboxylic acid groups (broad SMARTS) is 1. The lowest BCUT2D eigenvalue weighted by molar-refractivity contribution is -0.158. The van der Waals surface area contributed by atoms with Crippen molar-refractivity contribution in [1.29, 1.82) is 0 Å². The summed E-state index contributed by atoms with van der Waals surface area (Å²) >= 11 is 0. The zero-order valence-electron chi connectivity index (χ0n) is 11.7. The van der Waals surface area contributed by atoms with Crippen molar-refractivity contribution in [1.82, 2.24) is 9.44 Å². The molecule has 9 heteroatoms. The first kappa shape index (κ1) is 16.9. The maximum Gasteiger partial charge on any atom is 0.322 e. The molecule has 1 fully saturated rings. The molecule has 0 aromatic rings. The molecule has 1 saturated carbocycles. The molecule has 1 rings (SSSR count). The second-order valence-corrected chi connectivity index (χ2v) is 7.17. The van der Waals surface area contributed by atoms with Crippen molar-refractivity contribution in [2.24, 2.45) is 0 Å². The monoisotopic (exact) mass is 308 g/mol. The Bertz CT molecular complexity index is 478. The third-order valence-electron chi connectivity index (χ3n) is 2.29. The molecule has 0 aromatic heterocycles. The van der Waals surface area contributed by atoms with Crippen molar-refractivity contribution in [2.45, 2.75) is 57.7 Å². The SMILES string of the molecule is CC(C)(C)OC(=O)C[C@H](NS(=O)(=O)NC1CC1)C(=O)O. The summed E-state index contributed by atoms with van der Waals surface area (Å²) in [5.41, 5.74) is -0.759. The van der Waals surface area contributed by atoms with E-state index in [4.69, 9.17) is 9.84 Å². The Balaban J connectivity index is 2.60. The van der Waals surface area contributed by atoms with Crippen LogP contribution in [-0.4, -0.2) is 43.1 Å². The average molecular weight is 308 g/mol. The summed E-state index contributed by atoms with van der Waals surface area (Å²) in [6, 6.07) is -1.70. The number of rotatable bonds is 7. The smallest absolute Gasteiger partial charge is 0.322 e. The van der Waals surface area contributed by atoms with E-state index in [0.29, 0.717) is 0 Å². The van der Waals surface area contributed by atoms with E-state index in [9.17, 15) is 18.0 Å². The molecule has 0 heterocycles. The Kier molecular flexibility index (Phi) is 5.11. The van der Waals surface area contributed by atoms with Crippen molar-refractivity contribution >= 4 is 22.1 Å². The summed E-state index contributed by atoms with van der Waals surface area (Å²) in [5, 5.41) is 8.97. The van der Waals surface area contributed by atoms with Gasteiger partial charge in [-0.05, 0) is 33.6 Å². The summed E-state index contributed by atoms with van der Waals surface area (Å²) in [6.45, 7) is 4.92. The zero-order valence-corrected chi connectivity index (χ0v) is 12.5. The summed E-state index contributed by atoms with van der Waals surface area (Å²) < 4.78 is 32.4. The summed E-state index contributed by atoms with van der Waals surface area (Å²) in [5.74, 6) is -2.21. The van der Waals surface area contributed by atoms with E-state index in [0.717, 1.165) is 12.8 Å². The Morgan fingerprint density at radius 3 is 2.30 bits per heavy atom. The number of nitrogens with one attached hydrogen (secondary N) is 2. The maximum absolute atomic E-state index is 11.6. The van der Waals surface area contributed by atoms with Gasteiger partial charge in [0, 0.05) is 6.04 Å². The van der Waals surface area contributed by atoms with Crippen LogP contribution >= 0.6 is 0 Å². The van der Waals surface area contributed by atoms with Crippen LogP contribution in [0, 0.1) is 0 Å². The number of esters is 1. The highest BCUT2D eigenvalue weighted by Gasteiger charge is 2.32. The molecule has 20 heavy (non-hydrogen) atoms. The van der Waals surface area contributed by atoms with Crippen LogP contribution < -0.4 is 9.44 Å². The normalized spacial score (nSPS) is 17.6. The molecule has 1 aliphatic rings. The van der Waals surface area contributed by atoms with Crippen molar-refractivity contribution in [3.8, 4) is 0 Å². The molecule has 0 bridgehead atoms. The number of carbonyl (C=O) groups is 2. The number of hydrogen-bond acceptors (Lipinski definition) is 5. The van der Waals surface area contributed by atoms with Gasteiger partial charge in [0.25, 0.3) is 10.2 Å². The van der Waals surface area contributed by atoms with Gasteiger partial charge >= 0.3 is 11.9 Å². The van der Waals surface area contributed by atoms with Crippen LogP contribution in [0.5, 0.6) is 0 Å². The average Bonchev–Trinajstić information content (AvgIpc) is 2.95. The maximum atomic E-state index is 11.6. The zero-order chi connectivity index (χ0) is 15.6. The molecule has 0 saturated heterocycles. The minimum atomic E-state index is -3.94. The quantitative estimate of drug-likeness (QED) is 0.558. The van der Waals surface area contributed by atoms with Gasteiger partial charge in [0.1, 0.15) is 11.6 Å². The standard InChI is InChI=1S/C11H20N2O6S/c1-11(2,3)19-9(14)6-8(10(15)16)13-20(17,18)12-7-4-5-7/h7-8,12-13H,4-6H2,1-3H3,(H,15,16)/t8-/m0/s1. The minimum Gasteiger partial charge on any atom is -0.480 e. The highest BCUT2D eigenvalue weighted by Crippen LogP contribution is 2.19. The van der Waals surface area contributed by atoms with Gasteiger partial charge in [-0.3, -0.25) is 9.59 Å². The van der Waals surface area contributed by atoms with Gasteiger partial charge in [-0.25, -0.2) is 0 Å². The number of hydrogen-bond donors (Lipinski definition) is 3. The van der Waals surface area contributed by atoms with E-state index in [-0.39, 0.29) is 6.04 Å². The minimum absolute atomic E-state index is 0.150. The molecule has 8 nitrogen and oxygen atoms in total. The van der Waals surface area contributed by atoms with Gasteiger partial charge < -0.3 is 9.84 Å². The van der Waals surface area contributed by atoms with Crippen molar-refractivity contribution in [3.05, 3.63) is 0 Å². The van der Waals surface area contributed by atoms with Gasteiger partial charge in [0.2, 0.25) is 0 Å². The van der Waals surface area contributed by atoms with E-state index >= 15 is 0 Å². The van der Waals surface area contributed by atoms with Crippen LogP contribution in [0.2, 0.25) is 0 Å². The van der Waals surface area contributed by atoms with Crippen LogP contribution in [-0.2, 0) is 24.5 Å². The second-order valence-electron chi connectivity index (χ2n) is 5.69. The van der Waals surface area contributed by atoms with E-state index < -0.39 is 40.2 Å². The van der Waals surface area contributed by atoms with Crippen LogP contribution in [0.25, 0.3) is 0 Å². The van der Waals surface area contributed by atoms with Gasteiger partial charge in [-0.15, -0.1) is 0 Å². The number of carboxylic acids is 1. The molecule has 0 amide bonds.